The van der Waals surface area contributed by atoms with Crippen molar-refractivity contribution < 1.29 is 19.1 Å². The molecule has 0 aromatic heterocycles. The highest BCUT2D eigenvalue weighted by Gasteiger charge is 2.32. The molecule has 1 aromatic rings. The molecule has 0 radical (unpaired) electrons. The van der Waals surface area contributed by atoms with E-state index in [2.05, 4.69) is 5.32 Å². The van der Waals surface area contributed by atoms with Crippen LogP contribution in [-0.2, 0) is 4.79 Å². The Kier molecular flexibility index (Phi) is 4.90. The zero-order chi connectivity index (χ0) is 15.4. The van der Waals surface area contributed by atoms with Gasteiger partial charge in [0.2, 0.25) is 5.91 Å². The second kappa shape index (κ2) is 6.67. The van der Waals surface area contributed by atoms with Crippen molar-refractivity contribution in [1.82, 2.24) is 10.2 Å². The minimum atomic E-state index is -0.595. The molecule has 0 heterocycles. The molecule has 1 unspecified atom stereocenters. The van der Waals surface area contributed by atoms with Crippen molar-refractivity contribution in [3.05, 3.63) is 35.6 Å². The van der Waals surface area contributed by atoms with Gasteiger partial charge in [-0.1, -0.05) is 0 Å². The van der Waals surface area contributed by atoms with Crippen LogP contribution in [-0.4, -0.2) is 47.1 Å². The maximum absolute atomic E-state index is 12.8. The third-order valence-electron chi connectivity index (χ3n) is 3.28. The average Bonchev–Trinajstić information content (AvgIpc) is 3.27. The van der Waals surface area contributed by atoms with Crippen molar-refractivity contribution in [2.24, 2.45) is 0 Å². The van der Waals surface area contributed by atoms with Gasteiger partial charge in [-0.05, 0) is 44.0 Å². The van der Waals surface area contributed by atoms with E-state index in [1.807, 2.05) is 0 Å². The predicted octanol–water partition coefficient (Wildman–Crippen LogP) is 0.927. The first-order valence-corrected chi connectivity index (χ1v) is 6.98. The van der Waals surface area contributed by atoms with Gasteiger partial charge in [-0.2, -0.15) is 0 Å². The highest BCUT2D eigenvalue weighted by Crippen LogP contribution is 2.26. The molecule has 1 aromatic carbocycles. The summed E-state index contributed by atoms with van der Waals surface area (Å²) in [7, 11) is 0. The van der Waals surface area contributed by atoms with E-state index < -0.39 is 17.8 Å². The van der Waals surface area contributed by atoms with Gasteiger partial charge in [0.25, 0.3) is 5.91 Å². The van der Waals surface area contributed by atoms with Crippen LogP contribution >= 0.6 is 0 Å². The van der Waals surface area contributed by atoms with Crippen LogP contribution in [0.3, 0.4) is 0 Å². The Balaban J connectivity index is 1.87. The minimum Gasteiger partial charge on any atom is -0.392 e. The molecule has 5 nitrogen and oxygen atoms in total. The van der Waals surface area contributed by atoms with Crippen LogP contribution in [0.4, 0.5) is 4.39 Å². The monoisotopic (exact) mass is 294 g/mol. The predicted molar refractivity (Wildman–Crippen MR) is 75.1 cm³/mol. The number of aliphatic hydroxyl groups excluding tert-OH is 1. The molecule has 1 saturated carbocycles. The van der Waals surface area contributed by atoms with Gasteiger partial charge < -0.3 is 15.3 Å². The van der Waals surface area contributed by atoms with Gasteiger partial charge >= 0.3 is 0 Å². The third-order valence-corrected chi connectivity index (χ3v) is 3.28. The van der Waals surface area contributed by atoms with Crippen molar-refractivity contribution in [3.63, 3.8) is 0 Å². The Morgan fingerprint density at radius 2 is 2.00 bits per heavy atom. The summed E-state index contributed by atoms with van der Waals surface area (Å²) in [6.45, 7) is 1.77. The van der Waals surface area contributed by atoms with E-state index in [0.717, 1.165) is 12.8 Å². The first-order valence-electron chi connectivity index (χ1n) is 6.98. The van der Waals surface area contributed by atoms with Crippen molar-refractivity contribution >= 4 is 11.8 Å². The van der Waals surface area contributed by atoms with Gasteiger partial charge in [0.05, 0.1) is 12.6 Å². The molecule has 0 saturated heterocycles. The van der Waals surface area contributed by atoms with Crippen LogP contribution in [0, 0.1) is 5.82 Å². The summed E-state index contributed by atoms with van der Waals surface area (Å²) in [5.41, 5.74) is 0.303. The fourth-order valence-corrected chi connectivity index (χ4v) is 2.09. The Morgan fingerprint density at radius 3 is 2.52 bits per heavy atom. The summed E-state index contributed by atoms with van der Waals surface area (Å²) in [4.78, 5) is 25.5. The SMILES string of the molecule is CC(O)CN(C(=O)CNC(=O)c1ccc(F)cc1)C1CC1. The fraction of sp³-hybridized carbons (Fsp3) is 0.467. The summed E-state index contributed by atoms with van der Waals surface area (Å²) in [5, 5.41) is 11.9. The topological polar surface area (TPSA) is 69.6 Å². The van der Waals surface area contributed by atoms with Crippen LogP contribution in [0.2, 0.25) is 0 Å². The Labute approximate surface area is 122 Å². The number of hydrogen-bond donors (Lipinski definition) is 2. The van der Waals surface area contributed by atoms with Gasteiger partial charge in [0, 0.05) is 18.2 Å². The Hall–Kier alpha value is -1.95. The fourth-order valence-electron chi connectivity index (χ4n) is 2.09. The molecule has 1 aliphatic rings. The number of carbonyl (C=O) groups is 2. The second-order valence-corrected chi connectivity index (χ2v) is 5.32. The zero-order valence-electron chi connectivity index (χ0n) is 11.9. The summed E-state index contributed by atoms with van der Waals surface area (Å²) in [5.74, 6) is -1.05. The van der Waals surface area contributed by atoms with E-state index in [1.54, 1.807) is 11.8 Å². The zero-order valence-corrected chi connectivity index (χ0v) is 11.9. The van der Waals surface area contributed by atoms with Gasteiger partial charge in [-0.25, -0.2) is 4.39 Å². The number of halogens is 1. The van der Waals surface area contributed by atoms with Gasteiger partial charge in [0.1, 0.15) is 5.82 Å². The van der Waals surface area contributed by atoms with E-state index in [4.69, 9.17) is 0 Å². The molecule has 0 spiro atoms. The molecular weight excluding hydrogens is 275 g/mol. The van der Waals surface area contributed by atoms with Crippen molar-refractivity contribution in [1.29, 1.82) is 0 Å². The largest absolute Gasteiger partial charge is 0.392 e. The van der Waals surface area contributed by atoms with Gasteiger partial charge in [0.15, 0.2) is 0 Å². The number of benzene rings is 1. The molecule has 114 valence electrons. The lowest BCUT2D eigenvalue weighted by Crippen LogP contribution is -2.44. The molecule has 2 amide bonds. The van der Waals surface area contributed by atoms with Crippen LogP contribution in [0.1, 0.15) is 30.1 Å². The molecule has 2 rings (SSSR count). The maximum Gasteiger partial charge on any atom is 0.251 e. The molecule has 1 aliphatic carbocycles. The molecule has 6 heteroatoms. The molecule has 2 N–H and O–H groups in total. The standard InChI is InChI=1S/C15H19FN2O3/c1-10(19)9-18(13-6-7-13)14(20)8-17-15(21)11-2-4-12(16)5-3-11/h2-5,10,13,19H,6-9H2,1H3,(H,17,21). The highest BCUT2D eigenvalue weighted by atomic mass is 19.1. The number of rotatable bonds is 6. The van der Waals surface area contributed by atoms with Crippen LogP contribution in [0.25, 0.3) is 0 Å². The molecule has 1 atom stereocenters. The lowest BCUT2D eigenvalue weighted by Gasteiger charge is -2.24. The van der Waals surface area contributed by atoms with E-state index in [0.29, 0.717) is 5.56 Å². The minimum absolute atomic E-state index is 0.126. The Morgan fingerprint density at radius 1 is 1.38 bits per heavy atom. The van der Waals surface area contributed by atoms with Crippen LogP contribution in [0.15, 0.2) is 24.3 Å². The highest BCUT2D eigenvalue weighted by molar-refractivity contribution is 5.96. The number of hydrogen-bond acceptors (Lipinski definition) is 3. The smallest absolute Gasteiger partial charge is 0.251 e. The van der Waals surface area contributed by atoms with E-state index in [1.165, 1.54) is 24.3 Å². The summed E-state index contributed by atoms with van der Waals surface area (Å²) in [6, 6.07) is 5.30. The summed E-state index contributed by atoms with van der Waals surface area (Å²) < 4.78 is 12.8. The lowest BCUT2D eigenvalue weighted by molar-refractivity contribution is -0.132. The van der Waals surface area contributed by atoms with Gasteiger partial charge in [-0.15, -0.1) is 0 Å². The molecule has 1 fully saturated rings. The van der Waals surface area contributed by atoms with E-state index in [-0.39, 0.29) is 25.0 Å². The second-order valence-electron chi connectivity index (χ2n) is 5.32. The van der Waals surface area contributed by atoms with E-state index >= 15 is 0 Å². The normalized spacial score (nSPS) is 15.4. The Bertz CT molecular complexity index is 512. The average molecular weight is 294 g/mol. The van der Waals surface area contributed by atoms with Crippen LogP contribution in [0.5, 0.6) is 0 Å². The van der Waals surface area contributed by atoms with Crippen molar-refractivity contribution in [2.45, 2.75) is 31.9 Å². The number of aliphatic hydroxyl groups is 1. The molecular formula is C15H19FN2O3. The number of nitrogens with zero attached hydrogens (tertiary/aromatic N) is 1. The van der Waals surface area contributed by atoms with Crippen molar-refractivity contribution in [2.75, 3.05) is 13.1 Å². The summed E-state index contributed by atoms with van der Waals surface area (Å²) >= 11 is 0. The molecule has 21 heavy (non-hydrogen) atoms. The first-order chi connectivity index (χ1) is 9.97. The third kappa shape index (κ3) is 4.53. The van der Waals surface area contributed by atoms with Gasteiger partial charge in [-0.3, -0.25) is 9.59 Å². The van der Waals surface area contributed by atoms with Crippen LogP contribution < -0.4 is 5.32 Å². The molecule has 0 aliphatic heterocycles. The number of nitrogens with one attached hydrogen (secondary N) is 1. The number of amides is 2. The molecule has 0 bridgehead atoms. The van der Waals surface area contributed by atoms with Crippen molar-refractivity contribution in [3.8, 4) is 0 Å². The quantitative estimate of drug-likeness (QED) is 0.820. The number of carbonyl (C=O) groups excluding carboxylic acids is 2. The lowest BCUT2D eigenvalue weighted by atomic mass is 10.2. The maximum atomic E-state index is 12.8. The summed E-state index contributed by atoms with van der Waals surface area (Å²) in [6.07, 6.45) is 1.27. The first kappa shape index (κ1) is 15.4. The van der Waals surface area contributed by atoms with E-state index in [9.17, 15) is 19.1 Å².